The van der Waals surface area contributed by atoms with Gasteiger partial charge in [0.25, 0.3) is 0 Å². The molecule has 0 bridgehead atoms. The van der Waals surface area contributed by atoms with Crippen LogP contribution in [-0.4, -0.2) is 40.9 Å². The third-order valence-corrected chi connectivity index (χ3v) is 4.09. The van der Waals surface area contributed by atoms with Crippen molar-refractivity contribution in [3.8, 4) is 0 Å². The lowest BCUT2D eigenvalue weighted by molar-refractivity contribution is 0.00316. The summed E-state index contributed by atoms with van der Waals surface area (Å²) in [7, 11) is 0. The number of piperidine rings is 1. The number of nitrogens with zero attached hydrogens (tertiary/aromatic N) is 2. The molecular weight excluding hydrogens is 214 g/mol. The largest absolute Gasteiger partial charge is 0.381 e. The molecule has 1 N–H and O–H groups in total. The van der Waals surface area contributed by atoms with Gasteiger partial charge >= 0.3 is 0 Å². The van der Waals surface area contributed by atoms with Crippen molar-refractivity contribution in [2.45, 2.75) is 44.2 Å². The minimum Gasteiger partial charge on any atom is -0.381 e. The average molecular weight is 235 g/mol. The Hall–Kier alpha value is -0.870. The quantitative estimate of drug-likeness (QED) is 0.853. The minimum absolute atomic E-state index is 0.550. The van der Waals surface area contributed by atoms with Gasteiger partial charge in [-0.3, -0.25) is 10.00 Å². The van der Waals surface area contributed by atoms with Crippen LogP contribution in [0, 0.1) is 0 Å². The summed E-state index contributed by atoms with van der Waals surface area (Å²) in [6.07, 6.45) is 8.17. The molecular formula is C13H21N3O. The van der Waals surface area contributed by atoms with E-state index in [-0.39, 0.29) is 0 Å². The number of nitrogens with one attached hydrogen (secondary N) is 1. The van der Waals surface area contributed by atoms with Crippen LogP contribution in [0.15, 0.2) is 12.3 Å². The molecule has 3 rings (SSSR count). The predicted molar refractivity (Wildman–Crippen MR) is 65.7 cm³/mol. The molecule has 4 nitrogen and oxygen atoms in total. The molecule has 1 atom stereocenters. The number of aromatic nitrogens is 2. The van der Waals surface area contributed by atoms with E-state index in [1.807, 2.05) is 6.20 Å². The highest BCUT2D eigenvalue weighted by molar-refractivity contribution is 5.07. The van der Waals surface area contributed by atoms with E-state index in [1.54, 1.807) is 0 Å². The Morgan fingerprint density at radius 2 is 2.12 bits per heavy atom. The molecule has 2 aliphatic rings. The van der Waals surface area contributed by atoms with Crippen molar-refractivity contribution < 1.29 is 4.74 Å². The van der Waals surface area contributed by atoms with Crippen LogP contribution in [0.25, 0.3) is 0 Å². The van der Waals surface area contributed by atoms with Crippen LogP contribution in [0.4, 0.5) is 0 Å². The SMILES string of the molecule is c1cc([C@H]2CCCCN2C2CCOCC2)[nH]n1. The molecule has 3 heterocycles. The summed E-state index contributed by atoms with van der Waals surface area (Å²) in [4.78, 5) is 2.68. The standard InChI is InChI=1S/C13H21N3O/c1-2-8-16(11-5-9-17-10-6-11)13(3-1)12-4-7-14-15-12/h4,7,11,13H,1-3,5-6,8-10H2,(H,14,15)/t13-/m1/s1. The van der Waals surface area contributed by atoms with E-state index in [0.717, 1.165) is 13.2 Å². The number of ether oxygens (including phenoxy) is 1. The van der Waals surface area contributed by atoms with Gasteiger partial charge in [0.15, 0.2) is 0 Å². The Morgan fingerprint density at radius 1 is 1.24 bits per heavy atom. The number of hydrogen-bond acceptors (Lipinski definition) is 3. The third kappa shape index (κ3) is 2.38. The van der Waals surface area contributed by atoms with Crippen LogP contribution >= 0.6 is 0 Å². The minimum atomic E-state index is 0.550. The summed E-state index contributed by atoms with van der Waals surface area (Å²) in [5.41, 5.74) is 1.29. The normalized spacial score (nSPS) is 28.4. The number of rotatable bonds is 2. The maximum atomic E-state index is 5.47. The molecule has 0 saturated carbocycles. The van der Waals surface area contributed by atoms with Crippen molar-refractivity contribution in [2.75, 3.05) is 19.8 Å². The van der Waals surface area contributed by atoms with Crippen molar-refractivity contribution in [3.05, 3.63) is 18.0 Å². The lowest BCUT2D eigenvalue weighted by Gasteiger charge is -2.42. The highest BCUT2D eigenvalue weighted by atomic mass is 16.5. The van der Waals surface area contributed by atoms with Crippen molar-refractivity contribution in [1.29, 1.82) is 0 Å². The zero-order valence-electron chi connectivity index (χ0n) is 10.3. The molecule has 1 aromatic heterocycles. The summed E-state index contributed by atoms with van der Waals surface area (Å²) < 4.78 is 5.47. The molecule has 2 aliphatic heterocycles. The van der Waals surface area contributed by atoms with Crippen LogP contribution < -0.4 is 0 Å². The van der Waals surface area contributed by atoms with Crippen molar-refractivity contribution >= 4 is 0 Å². The second-order valence-corrected chi connectivity index (χ2v) is 5.10. The first-order valence-electron chi connectivity index (χ1n) is 6.78. The summed E-state index contributed by atoms with van der Waals surface area (Å²) in [6, 6.07) is 3.38. The second kappa shape index (κ2) is 5.19. The van der Waals surface area contributed by atoms with Gasteiger partial charge in [-0.2, -0.15) is 5.10 Å². The molecule has 0 amide bonds. The number of aromatic amines is 1. The molecule has 0 aromatic carbocycles. The zero-order valence-corrected chi connectivity index (χ0v) is 10.3. The fourth-order valence-corrected chi connectivity index (χ4v) is 3.19. The van der Waals surface area contributed by atoms with Gasteiger partial charge in [-0.05, 0) is 38.3 Å². The lowest BCUT2D eigenvalue weighted by atomic mass is 9.94. The molecule has 94 valence electrons. The van der Waals surface area contributed by atoms with Gasteiger partial charge in [-0.15, -0.1) is 0 Å². The first-order chi connectivity index (χ1) is 8.45. The second-order valence-electron chi connectivity index (χ2n) is 5.10. The van der Waals surface area contributed by atoms with Gasteiger partial charge in [0, 0.05) is 25.5 Å². The average Bonchev–Trinajstić information content (AvgIpc) is 2.94. The third-order valence-electron chi connectivity index (χ3n) is 4.09. The molecule has 0 radical (unpaired) electrons. The summed E-state index contributed by atoms with van der Waals surface area (Å²) >= 11 is 0. The van der Waals surface area contributed by atoms with Gasteiger partial charge < -0.3 is 4.74 Å². The van der Waals surface area contributed by atoms with E-state index < -0.39 is 0 Å². The van der Waals surface area contributed by atoms with Gasteiger partial charge in [-0.1, -0.05) is 6.42 Å². The van der Waals surface area contributed by atoms with E-state index in [2.05, 4.69) is 21.2 Å². The Kier molecular flexibility index (Phi) is 3.43. The fourth-order valence-electron chi connectivity index (χ4n) is 3.19. The maximum Gasteiger partial charge on any atom is 0.0523 e. The van der Waals surface area contributed by atoms with Gasteiger partial charge in [-0.25, -0.2) is 0 Å². The molecule has 4 heteroatoms. The van der Waals surface area contributed by atoms with Crippen molar-refractivity contribution in [2.24, 2.45) is 0 Å². The van der Waals surface area contributed by atoms with E-state index in [9.17, 15) is 0 Å². The van der Waals surface area contributed by atoms with Crippen LogP contribution in [0.3, 0.4) is 0 Å². The summed E-state index contributed by atoms with van der Waals surface area (Å²) in [5, 5.41) is 7.25. The van der Waals surface area contributed by atoms with Gasteiger partial charge in [0.1, 0.15) is 0 Å². The van der Waals surface area contributed by atoms with Gasteiger partial charge in [0.05, 0.1) is 11.7 Å². The van der Waals surface area contributed by atoms with E-state index in [1.165, 1.54) is 44.3 Å². The highest BCUT2D eigenvalue weighted by Crippen LogP contribution is 2.33. The Morgan fingerprint density at radius 3 is 2.88 bits per heavy atom. The van der Waals surface area contributed by atoms with Crippen molar-refractivity contribution in [1.82, 2.24) is 15.1 Å². The Balaban J connectivity index is 1.75. The maximum absolute atomic E-state index is 5.47. The topological polar surface area (TPSA) is 41.1 Å². The zero-order chi connectivity index (χ0) is 11.5. The summed E-state index contributed by atoms with van der Waals surface area (Å²) in [5.74, 6) is 0. The number of H-pyrrole nitrogens is 1. The first kappa shape index (κ1) is 11.2. The highest BCUT2D eigenvalue weighted by Gasteiger charge is 2.31. The molecule has 0 aliphatic carbocycles. The fraction of sp³-hybridized carbons (Fsp3) is 0.769. The predicted octanol–water partition coefficient (Wildman–Crippen LogP) is 2.12. The van der Waals surface area contributed by atoms with Crippen molar-refractivity contribution in [3.63, 3.8) is 0 Å². The monoisotopic (exact) mass is 235 g/mol. The molecule has 1 aromatic rings. The van der Waals surface area contributed by atoms with Crippen LogP contribution in [0.2, 0.25) is 0 Å². The molecule has 0 spiro atoms. The molecule has 2 saturated heterocycles. The molecule has 0 unspecified atom stereocenters. The Labute approximate surface area is 102 Å². The van der Waals surface area contributed by atoms with Crippen LogP contribution in [0.1, 0.15) is 43.8 Å². The lowest BCUT2D eigenvalue weighted by Crippen LogP contribution is -2.44. The van der Waals surface area contributed by atoms with E-state index in [4.69, 9.17) is 4.74 Å². The van der Waals surface area contributed by atoms with Crippen LogP contribution in [0.5, 0.6) is 0 Å². The molecule has 2 fully saturated rings. The van der Waals surface area contributed by atoms with E-state index in [0.29, 0.717) is 12.1 Å². The number of likely N-dealkylation sites (tertiary alicyclic amines) is 1. The summed E-state index contributed by atoms with van der Waals surface area (Å²) in [6.45, 7) is 3.09. The molecule has 17 heavy (non-hydrogen) atoms. The smallest absolute Gasteiger partial charge is 0.0523 e. The first-order valence-corrected chi connectivity index (χ1v) is 6.78. The van der Waals surface area contributed by atoms with E-state index >= 15 is 0 Å². The number of hydrogen-bond donors (Lipinski definition) is 1. The Bertz CT molecular complexity index is 332. The van der Waals surface area contributed by atoms with Gasteiger partial charge in [0.2, 0.25) is 0 Å². The van der Waals surface area contributed by atoms with Crippen LogP contribution in [-0.2, 0) is 4.74 Å².